The molecular formula is C13H18ClNO5. The number of nitrogens with zero attached hydrogens (tertiary/aromatic N) is 1. The molecule has 0 atom stereocenters. The molecule has 112 valence electrons. The van der Waals surface area contributed by atoms with E-state index < -0.39 is 11.9 Å². The Morgan fingerprint density at radius 1 is 1.20 bits per heavy atom. The van der Waals surface area contributed by atoms with E-state index in [1.807, 2.05) is 0 Å². The zero-order valence-electron chi connectivity index (χ0n) is 11.9. The molecule has 0 spiro atoms. The summed E-state index contributed by atoms with van der Waals surface area (Å²) >= 11 is 0. The van der Waals surface area contributed by atoms with Gasteiger partial charge in [-0.3, -0.25) is 0 Å². The molecule has 6 nitrogen and oxygen atoms in total. The van der Waals surface area contributed by atoms with Crippen molar-refractivity contribution < 1.29 is 41.1 Å². The molecule has 0 aliphatic rings. The summed E-state index contributed by atoms with van der Waals surface area (Å²) in [5.41, 5.74) is 0.290. The van der Waals surface area contributed by atoms with E-state index in [9.17, 15) is 14.7 Å². The van der Waals surface area contributed by atoms with Crippen LogP contribution in [0.3, 0.4) is 0 Å². The predicted molar refractivity (Wildman–Crippen MR) is 65.9 cm³/mol. The second-order valence-electron chi connectivity index (χ2n) is 3.90. The molecule has 0 unspecified atom stereocenters. The molecule has 0 fully saturated rings. The maximum absolute atomic E-state index is 11.9. The van der Waals surface area contributed by atoms with Crippen LogP contribution >= 0.6 is 0 Å². The summed E-state index contributed by atoms with van der Waals surface area (Å²) in [6.45, 7) is 5.28. The fourth-order valence-electron chi connectivity index (χ4n) is 1.60. The molecule has 7 heteroatoms. The van der Waals surface area contributed by atoms with Crippen LogP contribution in [0.2, 0.25) is 0 Å². The van der Waals surface area contributed by atoms with Crippen LogP contribution in [0.4, 0.5) is 0 Å². The van der Waals surface area contributed by atoms with Gasteiger partial charge in [-0.2, -0.15) is 0 Å². The summed E-state index contributed by atoms with van der Waals surface area (Å²) in [5.74, 6) is -1.69. The van der Waals surface area contributed by atoms with E-state index in [1.54, 1.807) is 32.4 Å². The summed E-state index contributed by atoms with van der Waals surface area (Å²) in [4.78, 5) is 23.7. The number of rotatable bonds is 4. The maximum atomic E-state index is 11.9. The van der Waals surface area contributed by atoms with Crippen molar-refractivity contribution in [3.63, 3.8) is 0 Å². The van der Waals surface area contributed by atoms with Crippen LogP contribution in [0.15, 0.2) is 6.20 Å². The third kappa shape index (κ3) is 3.60. The molecule has 1 rings (SSSR count). The molecular weight excluding hydrogens is 286 g/mol. The standard InChI is InChI=1S/C13H17NO5.ClH/c1-5-18-12(16)9-7-14(4)8(3)11(15)10(9)13(17)19-6-2;/h7H,5-6H2,1-4H3;1H. The summed E-state index contributed by atoms with van der Waals surface area (Å²) in [6, 6.07) is 0. The number of aromatic hydroxyl groups is 1. The minimum absolute atomic E-state index is 0. The number of hydrogen-bond donors (Lipinski definition) is 1. The quantitative estimate of drug-likeness (QED) is 0.508. The van der Waals surface area contributed by atoms with Crippen molar-refractivity contribution in [2.45, 2.75) is 20.8 Å². The van der Waals surface area contributed by atoms with Gasteiger partial charge in [-0.1, -0.05) is 0 Å². The van der Waals surface area contributed by atoms with Gasteiger partial charge in [0, 0.05) is 6.92 Å². The van der Waals surface area contributed by atoms with Crippen molar-refractivity contribution >= 4 is 11.9 Å². The van der Waals surface area contributed by atoms with Crippen molar-refractivity contribution in [3.8, 4) is 5.75 Å². The summed E-state index contributed by atoms with van der Waals surface area (Å²) in [6.07, 6.45) is 1.44. The average Bonchev–Trinajstić information content (AvgIpc) is 2.35. The summed E-state index contributed by atoms with van der Waals surface area (Å²) in [5, 5.41) is 10.0. The number of hydrogen-bond acceptors (Lipinski definition) is 5. The zero-order chi connectivity index (χ0) is 14.6. The largest absolute Gasteiger partial charge is 1.00 e. The van der Waals surface area contributed by atoms with E-state index in [1.165, 1.54) is 6.20 Å². The van der Waals surface area contributed by atoms with Gasteiger partial charge in [0.1, 0.15) is 18.2 Å². The van der Waals surface area contributed by atoms with Gasteiger partial charge in [-0.25, -0.2) is 14.2 Å². The molecule has 0 bridgehead atoms. The molecule has 0 aliphatic carbocycles. The second-order valence-corrected chi connectivity index (χ2v) is 3.90. The Kier molecular flexibility index (Phi) is 6.99. The maximum Gasteiger partial charge on any atom is 0.345 e. The minimum atomic E-state index is -0.744. The number of ether oxygens (including phenoxy) is 2. The molecule has 1 aromatic rings. The smallest absolute Gasteiger partial charge is 0.345 e. The lowest BCUT2D eigenvalue weighted by molar-refractivity contribution is -0.678. The van der Waals surface area contributed by atoms with E-state index in [0.29, 0.717) is 5.69 Å². The molecule has 1 heterocycles. The lowest BCUT2D eigenvalue weighted by atomic mass is 10.1. The summed E-state index contributed by atoms with van der Waals surface area (Å²) < 4.78 is 11.3. The molecule has 0 amide bonds. The molecule has 20 heavy (non-hydrogen) atoms. The molecule has 1 N–H and O–H groups in total. The number of esters is 2. The van der Waals surface area contributed by atoms with Crippen LogP contribution in [0.5, 0.6) is 5.75 Å². The lowest BCUT2D eigenvalue weighted by Crippen LogP contribution is -3.00. The zero-order valence-corrected chi connectivity index (χ0v) is 12.7. The third-order valence-corrected chi connectivity index (χ3v) is 2.68. The first-order chi connectivity index (χ1) is 8.93. The van der Waals surface area contributed by atoms with Crippen LogP contribution in [-0.2, 0) is 16.5 Å². The first-order valence-corrected chi connectivity index (χ1v) is 6.00. The van der Waals surface area contributed by atoms with Gasteiger partial charge >= 0.3 is 11.9 Å². The monoisotopic (exact) mass is 303 g/mol. The van der Waals surface area contributed by atoms with Crippen molar-refractivity contribution in [3.05, 3.63) is 23.0 Å². The van der Waals surface area contributed by atoms with E-state index in [4.69, 9.17) is 9.47 Å². The number of aromatic nitrogens is 1. The van der Waals surface area contributed by atoms with Crippen molar-refractivity contribution in [2.24, 2.45) is 7.05 Å². The van der Waals surface area contributed by atoms with Gasteiger partial charge in [0.25, 0.3) is 0 Å². The number of pyridine rings is 1. The molecule has 0 aliphatic heterocycles. The highest BCUT2D eigenvalue weighted by atomic mass is 35.5. The SMILES string of the molecule is CCOC(=O)c1c[n+](C)c(C)c(O)c1C(=O)OCC.[Cl-]. The van der Waals surface area contributed by atoms with Gasteiger partial charge in [-0.15, -0.1) is 0 Å². The molecule has 0 radical (unpaired) electrons. The minimum Gasteiger partial charge on any atom is -1.00 e. The Bertz CT molecular complexity index is 516. The fraction of sp³-hybridized carbons (Fsp3) is 0.462. The first-order valence-electron chi connectivity index (χ1n) is 6.00. The highest BCUT2D eigenvalue weighted by Gasteiger charge is 2.30. The molecule has 0 saturated heterocycles. The van der Waals surface area contributed by atoms with Gasteiger partial charge in [0.15, 0.2) is 11.9 Å². The highest BCUT2D eigenvalue weighted by molar-refractivity contribution is 6.04. The number of aryl methyl sites for hydroxylation is 1. The van der Waals surface area contributed by atoms with Gasteiger partial charge in [0.2, 0.25) is 5.69 Å². The first kappa shape index (κ1) is 18.2. The van der Waals surface area contributed by atoms with Crippen molar-refractivity contribution in [1.82, 2.24) is 0 Å². The van der Waals surface area contributed by atoms with Crippen LogP contribution in [0.1, 0.15) is 40.3 Å². The molecule has 1 aromatic heterocycles. The van der Waals surface area contributed by atoms with Crippen molar-refractivity contribution in [2.75, 3.05) is 13.2 Å². The Hall–Kier alpha value is -1.82. The number of halogens is 1. The fourth-order valence-corrected chi connectivity index (χ4v) is 1.60. The Morgan fingerprint density at radius 2 is 1.70 bits per heavy atom. The topological polar surface area (TPSA) is 76.7 Å². The normalized spacial score (nSPS) is 9.60. The van der Waals surface area contributed by atoms with Gasteiger partial charge < -0.3 is 27.0 Å². The number of carbonyl (C=O) groups excluding carboxylic acids is 2. The average molecular weight is 304 g/mol. The Balaban J connectivity index is 0.00000361. The van der Waals surface area contributed by atoms with Crippen LogP contribution < -0.4 is 17.0 Å². The molecule has 0 aromatic carbocycles. The van der Waals surface area contributed by atoms with Crippen LogP contribution in [0, 0.1) is 6.92 Å². The second kappa shape index (κ2) is 7.69. The van der Waals surface area contributed by atoms with Crippen LogP contribution in [0.25, 0.3) is 0 Å². The molecule has 0 saturated carbocycles. The van der Waals surface area contributed by atoms with E-state index in [2.05, 4.69) is 0 Å². The van der Waals surface area contributed by atoms with Crippen LogP contribution in [-0.4, -0.2) is 30.3 Å². The number of carbonyl (C=O) groups is 2. The van der Waals surface area contributed by atoms with E-state index in [0.717, 1.165) is 0 Å². The Morgan fingerprint density at radius 3 is 2.20 bits per heavy atom. The predicted octanol–water partition coefficient (Wildman–Crippen LogP) is -2.12. The highest BCUT2D eigenvalue weighted by Crippen LogP contribution is 2.24. The van der Waals surface area contributed by atoms with E-state index >= 15 is 0 Å². The van der Waals surface area contributed by atoms with Crippen molar-refractivity contribution in [1.29, 1.82) is 0 Å². The van der Waals surface area contributed by atoms with Gasteiger partial charge in [0.05, 0.1) is 13.2 Å². The van der Waals surface area contributed by atoms with E-state index in [-0.39, 0.29) is 42.5 Å². The van der Waals surface area contributed by atoms with Gasteiger partial charge in [-0.05, 0) is 13.8 Å². The lowest BCUT2D eigenvalue weighted by Gasteiger charge is -2.10. The third-order valence-electron chi connectivity index (χ3n) is 2.68. The Labute approximate surface area is 123 Å². The summed E-state index contributed by atoms with van der Waals surface area (Å²) in [7, 11) is 1.66.